The number of thioether (sulfide) groups is 1. The van der Waals surface area contributed by atoms with Crippen LogP contribution in [0.5, 0.6) is 0 Å². The quantitative estimate of drug-likeness (QED) is 0.813. The van der Waals surface area contributed by atoms with Gasteiger partial charge in [-0.2, -0.15) is 0 Å². The van der Waals surface area contributed by atoms with Crippen LogP contribution in [0, 0.1) is 5.92 Å². The van der Waals surface area contributed by atoms with Gasteiger partial charge in [0.05, 0.1) is 5.25 Å². The van der Waals surface area contributed by atoms with E-state index >= 15 is 0 Å². The van der Waals surface area contributed by atoms with E-state index < -0.39 is 0 Å². The van der Waals surface area contributed by atoms with Gasteiger partial charge in [0.1, 0.15) is 0 Å². The molecule has 0 aromatic heterocycles. The summed E-state index contributed by atoms with van der Waals surface area (Å²) in [5.74, 6) is 0.577. The Hall–Kier alpha value is -0.960. The lowest BCUT2D eigenvalue weighted by Gasteiger charge is -2.20. The molecule has 0 fully saturated rings. The maximum Gasteiger partial charge on any atom is 0.233 e. The van der Waals surface area contributed by atoms with E-state index in [1.807, 2.05) is 44.2 Å². The molecule has 0 spiro atoms. The Bertz CT molecular complexity index is 350. The standard InChI is InChI=1S/C14H21NOS/c1-10(2)11(3)15-14(16)12(4)17-13-8-6-5-7-9-13/h5-12H,1-4H3,(H,15,16). The molecule has 0 aliphatic carbocycles. The summed E-state index contributed by atoms with van der Waals surface area (Å²) in [7, 11) is 0. The van der Waals surface area contributed by atoms with Gasteiger partial charge >= 0.3 is 0 Å². The van der Waals surface area contributed by atoms with Crippen LogP contribution in [0.2, 0.25) is 0 Å². The average Bonchev–Trinajstić information content (AvgIpc) is 2.29. The molecular weight excluding hydrogens is 230 g/mol. The van der Waals surface area contributed by atoms with Crippen molar-refractivity contribution < 1.29 is 4.79 Å². The van der Waals surface area contributed by atoms with Gasteiger partial charge in [0.15, 0.2) is 0 Å². The van der Waals surface area contributed by atoms with Gasteiger partial charge in [0.25, 0.3) is 0 Å². The predicted octanol–water partition coefficient (Wildman–Crippen LogP) is 3.33. The van der Waals surface area contributed by atoms with E-state index in [0.29, 0.717) is 5.92 Å². The van der Waals surface area contributed by atoms with Crippen molar-refractivity contribution in [3.8, 4) is 0 Å². The Morgan fingerprint density at radius 1 is 1.12 bits per heavy atom. The molecule has 0 aliphatic heterocycles. The summed E-state index contributed by atoms with van der Waals surface area (Å²) < 4.78 is 0. The molecule has 1 aromatic carbocycles. The second kappa shape index (κ2) is 6.70. The SMILES string of the molecule is CC(Sc1ccccc1)C(=O)NC(C)C(C)C. The molecule has 2 unspecified atom stereocenters. The van der Waals surface area contributed by atoms with E-state index in [9.17, 15) is 4.79 Å². The van der Waals surface area contributed by atoms with E-state index in [-0.39, 0.29) is 17.2 Å². The van der Waals surface area contributed by atoms with Crippen molar-refractivity contribution in [3.63, 3.8) is 0 Å². The molecule has 0 saturated heterocycles. The van der Waals surface area contributed by atoms with E-state index in [1.54, 1.807) is 11.8 Å². The molecule has 94 valence electrons. The van der Waals surface area contributed by atoms with Crippen LogP contribution in [-0.4, -0.2) is 17.2 Å². The first-order chi connectivity index (χ1) is 8.00. The predicted molar refractivity (Wildman–Crippen MR) is 74.2 cm³/mol. The third-order valence-electron chi connectivity index (χ3n) is 2.80. The first-order valence-corrected chi connectivity index (χ1v) is 6.90. The molecule has 1 N–H and O–H groups in total. The van der Waals surface area contributed by atoms with Crippen LogP contribution in [0.25, 0.3) is 0 Å². The molecule has 1 aromatic rings. The van der Waals surface area contributed by atoms with Crippen LogP contribution >= 0.6 is 11.8 Å². The third-order valence-corrected chi connectivity index (χ3v) is 3.91. The number of hydrogen-bond donors (Lipinski definition) is 1. The summed E-state index contributed by atoms with van der Waals surface area (Å²) in [5.41, 5.74) is 0. The fourth-order valence-corrected chi connectivity index (χ4v) is 2.16. The lowest BCUT2D eigenvalue weighted by molar-refractivity contribution is -0.121. The van der Waals surface area contributed by atoms with Crippen LogP contribution in [0.15, 0.2) is 35.2 Å². The Morgan fingerprint density at radius 3 is 2.24 bits per heavy atom. The summed E-state index contributed by atoms with van der Waals surface area (Å²) in [6, 6.07) is 10.2. The Labute approximate surface area is 108 Å². The zero-order chi connectivity index (χ0) is 12.8. The summed E-state index contributed by atoms with van der Waals surface area (Å²) in [5, 5.41) is 2.98. The third kappa shape index (κ3) is 4.82. The van der Waals surface area contributed by atoms with Crippen LogP contribution in [-0.2, 0) is 4.79 Å². The van der Waals surface area contributed by atoms with Crippen LogP contribution < -0.4 is 5.32 Å². The minimum Gasteiger partial charge on any atom is -0.352 e. The fraction of sp³-hybridized carbons (Fsp3) is 0.500. The van der Waals surface area contributed by atoms with Crippen LogP contribution in [0.3, 0.4) is 0 Å². The molecule has 0 saturated carbocycles. The zero-order valence-electron chi connectivity index (χ0n) is 10.9. The summed E-state index contributed by atoms with van der Waals surface area (Å²) in [6.45, 7) is 8.21. The number of rotatable bonds is 5. The van der Waals surface area contributed by atoms with Gasteiger partial charge in [-0.3, -0.25) is 4.79 Å². The highest BCUT2D eigenvalue weighted by Gasteiger charge is 2.17. The molecule has 17 heavy (non-hydrogen) atoms. The molecule has 0 radical (unpaired) electrons. The highest BCUT2D eigenvalue weighted by molar-refractivity contribution is 8.00. The first kappa shape index (κ1) is 14.1. The highest BCUT2D eigenvalue weighted by atomic mass is 32.2. The normalized spacial score (nSPS) is 14.4. The van der Waals surface area contributed by atoms with Crippen molar-refractivity contribution >= 4 is 17.7 Å². The van der Waals surface area contributed by atoms with Gasteiger partial charge in [-0.25, -0.2) is 0 Å². The number of carbonyl (C=O) groups excluding carboxylic acids is 1. The monoisotopic (exact) mass is 251 g/mol. The van der Waals surface area contributed by atoms with E-state index in [2.05, 4.69) is 19.2 Å². The minimum atomic E-state index is -0.0569. The summed E-state index contributed by atoms with van der Waals surface area (Å²) in [4.78, 5) is 13.1. The maximum absolute atomic E-state index is 11.9. The molecular formula is C14H21NOS. The first-order valence-electron chi connectivity index (χ1n) is 6.02. The second-order valence-electron chi connectivity index (χ2n) is 4.61. The zero-order valence-corrected chi connectivity index (χ0v) is 11.8. The largest absolute Gasteiger partial charge is 0.352 e. The van der Waals surface area contributed by atoms with Crippen LogP contribution in [0.4, 0.5) is 0 Å². The molecule has 3 heteroatoms. The van der Waals surface area contributed by atoms with Gasteiger partial charge < -0.3 is 5.32 Å². The Morgan fingerprint density at radius 2 is 1.71 bits per heavy atom. The Kier molecular flexibility index (Phi) is 5.56. The maximum atomic E-state index is 11.9. The summed E-state index contributed by atoms with van der Waals surface area (Å²) >= 11 is 1.59. The van der Waals surface area contributed by atoms with E-state index in [0.717, 1.165) is 4.90 Å². The van der Waals surface area contributed by atoms with Crippen molar-refractivity contribution in [1.82, 2.24) is 5.32 Å². The van der Waals surface area contributed by atoms with Crippen molar-refractivity contribution in [2.45, 2.75) is 43.9 Å². The minimum absolute atomic E-state index is 0.0569. The number of benzene rings is 1. The van der Waals surface area contributed by atoms with Crippen molar-refractivity contribution in [3.05, 3.63) is 30.3 Å². The van der Waals surface area contributed by atoms with Gasteiger partial charge in [-0.05, 0) is 31.9 Å². The van der Waals surface area contributed by atoms with Gasteiger partial charge in [-0.1, -0.05) is 32.0 Å². The molecule has 0 bridgehead atoms. The molecule has 2 nitrogen and oxygen atoms in total. The topological polar surface area (TPSA) is 29.1 Å². The fourth-order valence-electron chi connectivity index (χ4n) is 1.27. The summed E-state index contributed by atoms with van der Waals surface area (Å²) in [6.07, 6.45) is 0. The smallest absolute Gasteiger partial charge is 0.233 e. The average molecular weight is 251 g/mol. The number of amides is 1. The molecule has 1 rings (SSSR count). The molecule has 2 atom stereocenters. The van der Waals surface area contributed by atoms with Crippen molar-refractivity contribution in [1.29, 1.82) is 0 Å². The molecule has 0 aliphatic rings. The van der Waals surface area contributed by atoms with Gasteiger partial charge in [0.2, 0.25) is 5.91 Å². The molecule has 0 heterocycles. The highest BCUT2D eigenvalue weighted by Crippen LogP contribution is 2.22. The van der Waals surface area contributed by atoms with Gasteiger partial charge in [-0.15, -0.1) is 11.8 Å². The number of hydrogen-bond acceptors (Lipinski definition) is 2. The van der Waals surface area contributed by atoms with Crippen LogP contribution in [0.1, 0.15) is 27.7 Å². The number of carbonyl (C=O) groups is 1. The van der Waals surface area contributed by atoms with Crippen molar-refractivity contribution in [2.24, 2.45) is 5.92 Å². The lowest BCUT2D eigenvalue weighted by atomic mass is 10.1. The van der Waals surface area contributed by atoms with E-state index in [4.69, 9.17) is 0 Å². The van der Waals surface area contributed by atoms with Gasteiger partial charge in [0, 0.05) is 10.9 Å². The Balaban J connectivity index is 2.48. The second-order valence-corrected chi connectivity index (χ2v) is 6.03. The number of nitrogens with one attached hydrogen (secondary N) is 1. The lowest BCUT2D eigenvalue weighted by Crippen LogP contribution is -2.40. The van der Waals surface area contributed by atoms with Crippen molar-refractivity contribution in [2.75, 3.05) is 0 Å². The van der Waals surface area contributed by atoms with E-state index in [1.165, 1.54) is 0 Å². The molecule has 1 amide bonds.